The van der Waals surface area contributed by atoms with E-state index in [9.17, 15) is 4.79 Å². The fraction of sp³-hybridized carbons (Fsp3) is 0.263. The Morgan fingerprint density at radius 2 is 1.68 bits per heavy atom. The van der Waals surface area contributed by atoms with E-state index < -0.39 is 0 Å². The highest BCUT2D eigenvalue weighted by molar-refractivity contribution is 6.30. The summed E-state index contributed by atoms with van der Waals surface area (Å²) < 4.78 is 0. The average Bonchev–Trinajstić information content (AvgIpc) is 2.64. The maximum atomic E-state index is 12.0. The van der Waals surface area contributed by atoms with E-state index >= 15 is 0 Å². The molecule has 0 saturated heterocycles. The van der Waals surface area contributed by atoms with E-state index in [1.165, 1.54) is 0 Å². The summed E-state index contributed by atoms with van der Waals surface area (Å²) in [5, 5.41) is 6.85. The van der Waals surface area contributed by atoms with Gasteiger partial charge in [0, 0.05) is 44.3 Å². The Balaban J connectivity index is 1.76. The Kier molecular flexibility index (Phi) is 7.29. The molecule has 6 heteroatoms. The number of halogens is 1. The molecular formula is C19H23ClN4O. The number of guanidine groups is 1. The minimum Gasteiger partial charge on any atom is -0.354 e. The van der Waals surface area contributed by atoms with Crippen LogP contribution in [0.2, 0.25) is 5.02 Å². The van der Waals surface area contributed by atoms with Crippen molar-refractivity contribution in [1.82, 2.24) is 15.5 Å². The molecule has 0 unspecified atom stereocenters. The van der Waals surface area contributed by atoms with E-state index in [0.717, 1.165) is 16.5 Å². The van der Waals surface area contributed by atoms with Crippen LogP contribution >= 0.6 is 11.6 Å². The number of benzene rings is 2. The Hall–Kier alpha value is -2.53. The first kappa shape index (κ1) is 18.8. The quantitative estimate of drug-likeness (QED) is 0.474. The third kappa shape index (κ3) is 6.12. The summed E-state index contributed by atoms with van der Waals surface area (Å²) in [6.45, 7) is 1.82. The Morgan fingerprint density at radius 1 is 1.04 bits per heavy atom. The summed E-state index contributed by atoms with van der Waals surface area (Å²) >= 11 is 5.91. The largest absolute Gasteiger partial charge is 0.354 e. The molecule has 1 amide bonds. The summed E-state index contributed by atoms with van der Waals surface area (Å²) in [6, 6.07) is 16.9. The van der Waals surface area contributed by atoms with Crippen molar-refractivity contribution in [2.45, 2.75) is 6.54 Å². The Morgan fingerprint density at radius 3 is 2.32 bits per heavy atom. The summed E-state index contributed by atoms with van der Waals surface area (Å²) in [4.78, 5) is 18.3. The van der Waals surface area contributed by atoms with Gasteiger partial charge < -0.3 is 15.5 Å². The molecule has 5 nitrogen and oxygen atoms in total. The van der Waals surface area contributed by atoms with Gasteiger partial charge >= 0.3 is 0 Å². The second-order valence-corrected chi connectivity index (χ2v) is 6.01. The Labute approximate surface area is 153 Å². The van der Waals surface area contributed by atoms with Crippen LogP contribution in [0, 0.1) is 0 Å². The van der Waals surface area contributed by atoms with E-state index in [2.05, 4.69) is 15.6 Å². The van der Waals surface area contributed by atoms with Gasteiger partial charge in [-0.05, 0) is 29.8 Å². The van der Waals surface area contributed by atoms with Crippen LogP contribution in [0.15, 0.2) is 59.6 Å². The second kappa shape index (κ2) is 9.69. The maximum Gasteiger partial charge on any atom is 0.251 e. The molecule has 0 atom stereocenters. The predicted molar refractivity (Wildman–Crippen MR) is 103 cm³/mol. The van der Waals surface area contributed by atoms with Crippen molar-refractivity contribution in [2.75, 3.05) is 27.2 Å². The van der Waals surface area contributed by atoms with Crippen molar-refractivity contribution in [3.05, 3.63) is 70.7 Å². The van der Waals surface area contributed by atoms with Crippen molar-refractivity contribution >= 4 is 23.5 Å². The van der Waals surface area contributed by atoms with Gasteiger partial charge in [-0.25, -0.2) is 0 Å². The van der Waals surface area contributed by atoms with Crippen LogP contribution in [0.3, 0.4) is 0 Å². The van der Waals surface area contributed by atoms with Crippen LogP contribution in [0.25, 0.3) is 0 Å². The minimum atomic E-state index is -0.0769. The second-order valence-electron chi connectivity index (χ2n) is 5.58. The molecule has 0 spiro atoms. The molecule has 0 saturated carbocycles. The van der Waals surface area contributed by atoms with Crippen molar-refractivity contribution < 1.29 is 4.79 Å². The van der Waals surface area contributed by atoms with E-state index in [1.54, 1.807) is 19.2 Å². The van der Waals surface area contributed by atoms with E-state index in [1.807, 2.05) is 54.4 Å². The van der Waals surface area contributed by atoms with Crippen LogP contribution in [0.5, 0.6) is 0 Å². The molecule has 0 heterocycles. The van der Waals surface area contributed by atoms with Gasteiger partial charge in [-0.3, -0.25) is 9.79 Å². The zero-order valence-electron chi connectivity index (χ0n) is 14.5. The fourth-order valence-electron chi connectivity index (χ4n) is 2.37. The highest BCUT2D eigenvalue weighted by Crippen LogP contribution is 2.10. The highest BCUT2D eigenvalue weighted by Gasteiger charge is 2.07. The first-order valence-electron chi connectivity index (χ1n) is 8.09. The number of hydrogen-bond donors (Lipinski definition) is 2. The van der Waals surface area contributed by atoms with E-state index in [4.69, 9.17) is 11.6 Å². The lowest BCUT2D eigenvalue weighted by Crippen LogP contribution is -2.42. The third-order valence-electron chi connectivity index (χ3n) is 3.64. The number of hydrogen-bond acceptors (Lipinski definition) is 2. The first-order valence-corrected chi connectivity index (χ1v) is 8.47. The van der Waals surface area contributed by atoms with Gasteiger partial charge in [-0.1, -0.05) is 41.9 Å². The molecule has 2 N–H and O–H groups in total. The fourth-order valence-corrected chi connectivity index (χ4v) is 2.49. The van der Waals surface area contributed by atoms with Gasteiger partial charge in [0.15, 0.2) is 5.96 Å². The van der Waals surface area contributed by atoms with Gasteiger partial charge in [-0.15, -0.1) is 0 Å². The number of rotatable bonds is 6. The lowest BCUT2D eigenvalue weighted by Gasteiger charge is -2.22. The number of nitrogens with one attached hydrogen (secondary N) is 2. The topological polar surface area (TPSA) is 56.7 Å². The van der Waals surface area contributed by atoms with Gasteiger partial charge in [-0.2, -0.15) is 0 Å². The summed E-state index contributed by atoms with van der Waals surface area (Å²) in [7, 11) is 3.70. The first-order chi connectivity index (χ1) is 12.1. The summed E-state index contributed by atoms with van der Waals surface area (Å²) in [5.41, 5.74) is 1.80. The predicted octanol–water partition coefficient (Wildman–Crippen LogP) is 2.78. The third-order valence-corrected chi connectivity index (χ3v) is 3.89. The van der Waals surface area contributed by atoms with Gasteiger partial charge in [0.1, 0.15) is 0 Å². The van der Waals surface area contributed by atoms with Crippen molar-refractivity contribution in [3.8, 4) is 0 Å². The number of aliphatic imine (C=N–C) groups is 1. The number of nitrogens with zero attached hydrogens (tertiary/aromatic N) is 2. The molecular weight excluding hydrogens is 336 g/mol. The van der Waals surface area contributed by atoms with Gasteiger partial charge in [0.2, 0.25) is 0 Å². The smallest absolute Gasteiger partial charge is 0.251 e. The standard InChI is InChI=1S/C19H23ClN4O/c1-21-19(24(2)14-15-8-10-17(20)11-9-15)23-13-12-22-18(25)16-6-4-3-5-7-16/h3-11H,12-14H2,1-2H3,(H,21,23)(H,22,25). The number of carbonyl (C=O) groups excluding carboxylic acids is 1. The molecule has 25 heavy (non-hydrogen) atoms. The van der Waals surface area contributed by atoms with Crippen LogP contribution in [0.4, 0.5) is 0 Å². The summed E-state index contributed by atoms with van der Waals surface area (Å²) in [6.07, 6.45) is 0. The zero-order valence-corrected chi connectivity index (χ0v) is 15.3. The van der Waals surface area contributed by atoms with Crippen molar-refractivity contribution in [3.63, 3.8) is 0 Å². The SMILES string of the molecule is CN=C(NCCNC(=O)c1ccccc1)N(C)Cc1ccc(Cl)cc1. The number of carbonyl (C=O) groups is 1. The van der Waals surface area contributed by atoms with Gasteiger partial charge in [0.25, 0.3) is 5.91 Å². The molecule has 2 rings (SSSR count). The molecule has 132 valence electrons. The number of amides is 1. The lowest BCUT2D eigenvalue weighted by molar-refractivity contribution is 0.0954. The van der Waals surface area contributed by atoms with Crippen LogP contribution in [0.1, 0.15) is 15.9 Å². The maximum absolute atomic E-state index is 12.0. The lowest BCUT2D eigenvalue weighted by atomic mass is 10.2. The normalized spacial score (nSPS) is 11.1. The molecule has 0 aromatic heterocycles. The van der Waals surface area contributed by atoms with E-state index in [0.29, 0.717) is 25.2 Å². The Bertz CT molecular complexity index is 701. The van der Waals surface area contributed by atoms with Crippen molar-refractivity contribution in [2.24, 2.45) is 4.99 Å². The zero-order chi connectivity index (χ0) is 18.1. The average molecular weight is 359 g/mol. The highest BCUT2D eigenvalue weighted by atomic mass is 35.5. The van der Waals surface area contributed by atoms with Crippen LogP contribution in [-0.2, 0) is 6.54 Å². The molecule has 2 aromatic carbocycles. The monoisotopic (exact) mass is 358 g/mol. The molecule has 2 aromatic rings. The summed E-state index contributed by atoms with van der Waals surface area (Å²) in [5.74, 6) is 0.691. The minimum absolute atomic E-state index is 0.0769. The van der Waals surface area contributed by atoms with Crippen molar-refractivity contribution in [1.29, 1.82) is 0 Å². The molecule has 0 fully saturated rings. The van der Waals surface area contributed by atoms with Gasteiger partial charge in [0.05, 0.1) is 0 Å². The molecule has 0 aliphatic carbocycles. The molecule has 0 radical (unpaired) electrons. The molecule has 0 aliphatic rings. The van der Waals surface area contributed by atoms with Crippen LogP contribution < -0.4 is 10.6 Å². The molecule has 0 aliphatic heterocycles. The van der Waals surface area contributed by atoms with E-state index in [-0.39, 0.29) is 5.91 Å². The van der Waals surface area contributed by atoms with Crippen LogP contribution in [-0.4, -0.2) is 44.0 Å². The molecule has 0 bridgehead atoms.